The van der Waals surface area contributed by atoms with Gasteiger partial charge in [0.25, 0.3) is 5.91 Å². The SMILES string of the molecule is CN1CC[C@H]2CC[C@@H](C(=O)NC(CCC(N)=O)C(=O)NC(C(=O)NCCCCCCCCNC(=O)CCCC[C@@H]3SC[C@@H]4NC(=O)N[C@@H]43)c3ccccc3)N2C(=O)[C@@H](NC(=O)c2cc3cc(C(F)(F)P(=O)(O)O)ccc3[nH]2)C1. The molecule has 4 saturated heterocycles. The summed E-state index contributed by atoms with van der Waals surface area (Å²) in [6.45, 7) is 1.46. The zero-order valence-corrected chi connectivity index (χ0v) is 45.3. The lowest BCUT2D eigenvalue weighted by Crippen LogP contribution is -2.61. The lowest BCUT2D eigenvalue weighted by atomic mass is 10.0. The Balaban J connectivity index is 0.880. The Morgan fingerprint density at radius 2 is 1.58 bits per heavy atom. The lowest BCUT2D eigenvalue weighted by Gasteiger charge is -2.38. The van der Waals surface area contributed by atoms with Crippen molar-refractivity contribution in [2.45, 2.75) is 150 Å². The van der Waals surface area contributed by atoms with Crippen LogP contribution in [0.1, 0.15) is 124 Å². The van der Waals surface area contributed by atoms with E-state index in [4.69, 9.17) is 5.73 Å². The van der Waals surface area contributed by atoms with E-state index in [9.17, 15) is 61.5 Å². The second-order valence-electron chi connectivity index (χ2n) is 20.7. The third-order valence-corrected chi connectivity index (χ3v) is 17.4. The summed E-state index contributed by atoms with van der Waals surface area (Å²) in [4.78, 5) is 131. The van der Waals surface area contributed by atoms with Crippen molar-refractivity contribution in [3.63, 3.8) is 0 Å². The van der Waals surface area contributed by atoms with Crippen LogP contribution in [0.5, 0.6) is 0 Å². The van der Waals surface area contributed by atoms with Crippen molar-refractivity contribution < 1.29 is 61.5 Å². The summed E-state index contributed by atoms with van der Waals surface area (Å²) in [5.74, 6) is -3.11. The molecule has 5 heterocycles. The number of likely N-dealkylation sites (N-methyl/N-ethyl adjacent to an activating group) is 1. The number of nitrogens with one attached hydrogen (secondary N) is 8. The van der Waals surface area contributed by atoms with Crippen molar-refractivity contribution in [2.24, 2.45) is 5.73 Å². The van der Waals surface area contributed by atoms with Gasteiger partial charge in [0, 0.05) is 66.0 Å². The summed E-state index contributed by atoms with van der Waals surface area (Å²) >= 11 is 1.87. The summed E-state index contributed by atoms with van der Waals surface area (Å²) in [5.41, 5.74) is 0.607. The number of primary amides is 1. The number of unbranched alkanes of at least 4 members (excludes halogenated alkanes) is 6. The van der Waals surface area contributed by atoms with Crippen LogP contribution in [0, 0.1) is 0 Å². The maximum absolute atomic E-state index is 14.5. The second-order valence-corrected chi connectivity index (χ2v) is 23.6. The standard InChI is InChI=1S/C52H72F2N11O11PS/c1-64-26-23-34-18-21-40(65(34)50(72)38(29-64)60-47(69)37-28-32-27-33(17-19-35(32)58-37)52(53,54)77(74,75)76)48(70)59-36(20-22-42(55)66)46(68)62-44(31-13-7-6-8-14-31)49(71)57-25-12-5-3-2-4-11-24-56-43(67)16-10-9-15-41-45-39(30-78-41)61-51(73)63-45/h6-8,13-14,17,19,27-28,34,36,38-41,44-45,58H,2-5,9-12,15-16,18,20-26,29-30H2,1H3,(H2,55,66)(H,56,67)(H,57,71)(H,59,70)(H,60,69)(H,62,68)(H2,61,63,73)(H2,74,75,76)/t34-,36?,38+,39+,40+,41+,44?,45+/m1/s1. The molecule has 4 aliphatic heterocycles. The Hall–Kier alpha value is -6.14. The predicted molar refractivity (Wildman–Crippen MR) is 287 cm³/mol. The molecule has 26 heteroatoms. The molecule has 0 spiro atoms. The smallest absolute Gasteiger partial charge is 0.370 e. The molecule has 2 aromatic carbocycles. The maximum atomic E-state index is 14.5. The molecule has 2 unspecified atom stereocenters. The molecule has 4 aliphatic rings. The number of H-pyrrole nitrogens is 1. The van der Waals surface area contributed by atoms with E-state index in [2.05, 4.69) is 42.2 Å². The molecule has 1 aromatic heterocycles. The van der Waals surface area contributed by atoms with Gasteiger partial charge in [0.1, 0.15) is 29.9 Å². The van der Waals surface area contributed by atoms with Gasteiger partial charge in [-0.1, -0.05) is 68.5 Å². The largest absolute Gasteiger partial charge is 0.399 e. The normalized spacial score (nSPS) is 22.2. The zero-order valence-electron chi connectivity index (χ0n) is 43.6. The minimum Gasteiger partial charge on any atom is -0.370 e. The van der Waals surface area contributed by atoms with Crippen LogP contribution in [0.2, 0.25) is 0 Å². The minimum atomic E-state index is -5.87. The number of hydrogen-bond donors (Lipinski definition) is 11. The minimum absolute atomic E-state index is 0.0298. The van der Waals surface area contributed by atoms with Crippen LogP contribution in [-0.4, -0.2) is 152 Å². The fourth-order valence-electron chi connectivity index (χ4n) is 10.6. The van der Waals surface area contributed by atoms with Gasteiger partial charge in [-0.2, -0.15) is 20.5 Å². The Kier molecular flexibility index (Phi) is 20.7. The average molecular weight is 1130 g/mol. The molecule has 8 atom stereocenters. The van der Waals surface area contributed by atoms with E-state index in [-0.39, 0.29) is 66.4 Å². The third kappa shape index (κ3) is 15.6. The van der Waals surface area contributed by atoms with Crippen LogP contribution >= 0.6 is 19.4 Å². The van der Waals surface area contributed by atoms with E-state index in [1.165, 1.54) is 11.0 Å². The highest BCUT2D eigenvalue weighted by atomic mass is 32.2. The van der Waals surface area contributed by atoms with Crippen molar-refractivity contribution in [3.8, 4) is 0 Å². The first-order valence-electron chi connectivity index (χ1n) is 26.8. The fourth-order valence-corrected chi connectivity index (χ4v) is 12.6. The molecule has 3 aromatic rings. The maximum Gasteiger partial charge on any atom is 0.399 e. The number of carbonyl (C=O) groups excluding carboxylic acids is 8. The second kappa shape index (κ2) is 27.2. The van der Waals surface area contributed by atoms with E-state index in [1.807, 2.05) is 16.7 Å². The van der Waals surface area contributed by atoms with Gasteiger partial charge in [0.2, 0.25) is 35.4 Å². The summed E-state index contributed by atoms with van der Waals surface area (Å²) < 4.78 is 40.5. The molecule has 78 heavy (non-hydrogen) atoms. The molecule has 4 fully saturated rings. The Labute approximate surface area is 455 Å². The number of carbonyl (C=O) groups is 8. The zero-order chi connectivity index (χ0) is 56.1. The lowest BCUT2D eigenvalue weighted by molar-refractivity contribution is -0.144. The van der Waals surface area contributed by atoms with Crippen molar-refractivity contribution in [1.29, 1.82) is 0 Å². The number of nitrogens with two attached hydrogens (primary N) is 1. The van der Waals surface area contributed by atoms with E-state index in [0.29, 0.717) is 56.1 Å². The Morgan fingerprint density at radius 3 is 2.29 bits per heavy atom. The van der Waals surface area contributed by atoms with Crippen LogP contribution < -0.4 is 43.0 Å². The van der Waals surface area contributed by atoms with Crippen LogP contribution in [-0.2, 0) is 39.0 Å². The number of thioether (sulfide) groups is 1. The molecule has 0 radical (unpaired) electrons. The number of amides is 9. The number of aromatic amines is 1. The van der Waals surface area contributed by atoms with Crippen LogP contribution in [0.15, 0.2) is 54.6 Å². The number of rotatable bonds is 27. The average Bonchev–Trinajstić information content (AvgIpc) is 4.21. The third-order valence-electron chi connectivity index (χ3n) is 14.9. The molecule has 0 bridgehead atoms. The summed E-state index contributed by atoms with van der Waals surface area (Å²) in [7, 11) is -4.10. The van der Waals surface area contributed by atoms with E-state index in [1.54, 1.807) is 37.4 Å². The molecule has 12 N–H and O–H groups in total. The molecule has 9 amide bonds. The number of alkyl halides is 2. The molecular weight excluding hydrogens is 1060 g/mol. The number of fused-ring (bicyclic) bond motifs is 3. The summed E-state index contributed by atoms with van der Waals surface area (Å²) in [6, 6.07) is 7.59. The molecule has 0 aliphatic carbocycles. The molecule has 22 nitrogen and oxygen atoms in total. The van der Waals surface area contributed by atoms with Crippen LogP contribution in [0.25, 0.3) is 10.9 Å². The van der Waals surface area contributed by atoms with Crippen molar-refractivity contribution in [1.82, 2.24) is 52.0 Å². The summed E-state index contributed by atoms with van der Waals surface area (Å²) in [5, 5.41) is 20.5. The van der Waals surface area contributed by atoms with Gasteiger partial charge in [0.05, 0.1) is 12.1 Å². The highest BCUT2D eigenvalue weighted by Crippen LogP contribution is 2.59. The van der Waals surface area contributed by atoms with E-state index >= 15 is 0 Å². The first-order chi connectivity index (χ1) is 37.2. The number of halogens is 2. The van der Waals surface area contributed by atoms with Gasteiger partial charge in [-0.3, -0.25) is 38.1 Å². The van der Waals surface area contributed by atoms with Gasteiger partial charge in [-0.25, -0.2) is 4.79 Å². The molecule has 0 saturated carbocycles. The van der Waals surface area contributed by atoms with Gasteiger partial charge in [-0.15, -0.1) is 0 Å². The van der Waals surface area contributed by atoms with Gasteiger partial charge >= 0.3 is 19.3 Å². The highest BCUT2D eigenvalue weighted by molar-refractivity contribution is 8.00. The van der Waals surface area contributed by atoms with Crippen LogP contribution in [0.4, 0.5) is 13.6 Å². The Morgan fingerprint density at radius 1 is 0.859 bits per heavy atom. The van der Waals surface area contributed by atoms with Crippen molar-refractivity contribution in [2.75, 3.05) is 39.0 Å². The first-order valence-corrected chi connectivity index (χ1v) is 29.4. The van der Waals surface area contributed by atoms with E-state index in [0.717, 1.165) is 75.3 Å². The number of hydrogen-bond acceptors (Lipinski definition) is 11. The van der Waals surface area contributed by atoms with Gasteiger partial charge < -0.3 is 67.5 Å². The quantitative estimate of drug-likeness (QED) is 0.0298. The topological polar surface area (TPSA) is 327 Å². The Bertz CT molecular complexity index is 2700. The number of urea groups is 1. The fraction of sp³-hybridized carbons (Fsp3) is 0.577. The van der Waals surface area contributed by atoms with Gasteiger partial charge in [-0.05, 0) is 88.7 Å². The number of aromatic nitrogens is 1. The molecule has 7 rings (SSSR count). The van der Waals surface area contributed by atoms with Crippen LogP contribution in [0.3, 0.4) is 0 Å². The highest BCUT2D eigenvalue weighted by Gasteiger charge is 2.51. The summed E-state index contributed by atoms with van der Waals surface area (Å²) in [6.07, 6.45) is 8.96. The van der Waals surface area contributed by atoms with Crippen molar-refractivity contribution in [3.05, 3.63) is 71.4 Å². The van der Waals surface area contributed by atoms with E-state index < -0.39 is 84.5 Å². The first kappa shape index (κ1) is 59.5. The number of nitrogens with zero attached hydrogens (tertiary/aromatic N) is 2. The number of benzene rings is 2. The molecule has 426 valence electrons. The predicted octanol–water partition coefficient (Wildman–Crippen LogP) is 3.10. The monoisotopic (exact) mass is 1130 g/mol. The molecular formula is C52H72F2N11O11PS. The van der Waals surface area contributed by atoms with Crippen molar-refractivity contribution >= 4 is 77.6 Å². The van der Waals surface area contributed by atoms with Gasteiger partial charge in [0.15, 0.2) is 0 Å².